The highest BCUT2D eigenvalue weighted by Gasteiger charge is 2.31. The van der Waals surface area contributed by atoms with Gasteiger partial charge in [-0.1, -0.05) is 0 Å². The van der Waals surface area contributed by atoms with Gasteiger partial charge < -0.3 is 23.8 Å². The number of esters is 1. The van der Waals surface area contributed by atoms with Gasteiger partial charge in [0, 0.05) is 24.7 Å². The fourth-order valence-corrected chi connectivity index (χ4v) is 4.34. The number of rotatable bonds is 8. The van der Waals surface area contributed by atoms with Gasteiger partial charge in [-0.15, -0.1) is 0 Å². The Hall–Kier alpha value is -4.01. The first-order valence-electron chi connectivity index (χ1n) is 11.9. The first-order chi connectivity index (χ1) is 17.5. The monoisotopic (exact) mass is 493 g/mol. The van der Waals surface area contributed by atoms with E-state index < -0.39 is 0 Å². The molecule has 1 fully saturated rings. The summed E-state index contributed by atoms with van der Waals surface area (Å²) in [6.45, 7) is 3.09. The van der Waals surface area contributed by atoms with Crippen LogP contribution in [0.25, 0.3) is 16.9 Å². The van der Waals surface area contributed by atoms with Gasteiger partial charge in [0.1, 0.15) is 22.9 Å². The second-order valence-electron chi connectivity index (χ2n) is 8.41. The van der Waals surface area contributed by atoms with Gasteiger partial charge in [0.25, 0.3) is 5.91 Å². The zero-order valence-corrected chi connectivity index (χ0v) is 21.0. The molecule has 2 aromatic carbocycles. The topological polar surface area (TPSA) is 92.1 Å². The van der Waals surface area contributed by atoms with Crippen LogP contribution in [-0.2, 0) is 9.53 Å². The van der Waals surface area contributed by atoms with Crippen molar-refractivity contribution in [2.75, 3.05) is 41.0 Å². The van der Waals surface area contributed by atoms with Crippen LogP contribution in [0.4, 0.5) is 0 Å². The molecule has 0 saturated carbocycles. The number of piperidine rings is 1. The van der Waals surface area contributed by atoms with E-state index in [4.69, 9.17) is 24.0 Å². The molecule has 1 aliphatic rings. The minimum atomic E-state index is -0.193. The fourth-order valence-electron chi connectivity index (χ4n) is 4.34. The van der Waals surface area contributed by atoms with Gasteiger partial charge in [-0.05, 0) is 62.2 Å². The summed E-state index contributed by atoms with van der Waals surface area (Å²) in [6.07, 6.45) is 1.14. The van der Waals surface area contributed by atoms with E-state index in [1.807, 2.05) is 36.4 Å². The zero-order valence-electron chi connectivity index (χ0n) is 21.0. The standard InChI is InChI=1S/C27H31N3O6/c1-5-36-27(32)18-12-14-29(15-13-18)26(31)24-17-23(22-11-10-21(34-3)16-25(22)35-4)28-30(24)19-6-8-20(33-2)9-7-19/h6-11,16-18H,5,12-15H2,1-4H3. The summed E-state index contributed by atoms with van der Waals surface area (Å²) in [5, 5.41) is 4.79. The smallest absolute Gasteiger partial charge is 0.309 e. The molecule has 190 valence electrons. The van der Waals surface area contributed by atoms with Crippen molar-refractivity contribution < 1.29 is 28.5 Å². The Morgan fingerprint density at radius 2 is 1.58 bits per heavy atom. The number of carbonyl (C=O) groups is 2. The van der Waals surface area contributed by atoms with E-state index in [1.165, 1.54) is 0 Å². The minimum absolute atomic E-state index is 0.153. The van der Waals surface area contributed by atoms with E-state index in [1.54, 1.807) is 50.0 Å². The Bertz CT molecular complexity index is 1210. The van der Waals surface area contributed by atoms with E-state index in [-0.39, 0.29) is 17.8 Å². The third-order valence-electron chi connectivity index (χ3n) is 6.33. The fraction of sp³-hybridized carbons (Fsp3) is 0.370. The van der Waals surface area contributed by atoms with Crippen molar-refractivity contribution in [1.29, 1.82) is 0 Å². The molecule has 2 heterocycles. The van der Waals surface area contributed by atoms with E-state index in [9.17, 15) is 9.59 Å². The minimum Gasteiger partial charge on any atom is -0.497 e. The Labute approximate surface area is 210 Å². The summed E-state index contributed by atoms with van der Waals surface area (Å²) in [7, 11) is 4.78. The van der Waals surface area contributed by atoms with Crippen LogP contribution in [-0.4, -0.2) is 67.6 Å². The highest BCUT2D eigenvalue weighted by Crippen LogP contribution is 2.34. The molecule has 0 N–H and O–H groups in total. The molecular formula is C27H31N3O6. The van der Waals surface area contributed by atoms with Crippen LogP contribution in [0.15, 0.2) is 48.5 Å². The molecule has 1 aliphatic heterocycles. The first kappa shape index (κ1) is 25.1. The van der Waals surface area contributed by atoms with Crippen molar-refractivity contribution in [1.82, 2.24) is 14.7 Å². The number of likely N-dealkylation sites (tertiary alicyclic amines) is 1. The Kier molecular flexibility index (Phi) is 7.77. The maximum absolute atomic E-state index is 13.7. The van der Waals surface area contributed by atoms with Gasteiger partial charge in [-0.25, -0.2) is 4.68 Å². The molecule has 0 radical (unpaired) electrons. The molecule has 0 aliphatic carbocycles. The van der Waals surface area contributed by atoms with E-state index in [0.29, 0.717) is 61.2 Å². The average Bonchev–Trinajstić information content (AvgIpc) is 3.37. The summed E-state index contributed by atoms with van der Waals surface area (Å²) >= 11 is 0. The largest absolute Gasteiger partial charge is 0.497 e. The van der Waals surface area contributed by atoms with Crippen LogP contribution in [0.1, 0.15) is 30.3 Å². The summed E-state index contributed by atoms with van der Waals surface area (Å²) in [5.74, 6) is 1.42. The number of aromatic nitrogens is 2. The lowest BCUT2D eigenvalue weighted by molar-refractivity contribution is -0.149. The highest BCUT2D eigenvalue weighted by atomic mass is 16.5. The number of methoxy groups -OCH3 is 3. The first-order valence-corrected chi connectivity index (χ1v) is 11.9. The van der Waals surface area contributed by atoms with E-state index in [2.05, 4.69) is 0 Å². The van der Waals surface area contributed by atoms with Crippen LogP contribution in [0.2, 0.25) is 0 Å². The molecule has 0 atom stereocenters. The zero-order chi connectivity index (χ0) is 25.7. The predicted molar refractivity (Wildman–Crippen MR) is 134 cm³/mol. The van der Waals surface area contributed by atoms with E-state index in [0.717, 1.165) is 11.3 Å². The third kappa shape index (κ3) is 5.15. The van der Waals surface area contributed by atoms with Crippen molar-refractivity contribution in [3.05, 3.63) is 54.2 Å². The lowest BCUT2D eigenvalue weighted by Gasteiger charge is -2.30. The number of amides is 1. The highest BCUT2D eigenvalue weighted by molar-refractivity contribution is 5.95. The van der Waals surface area contributed by atoms with Crippen LogP contribution < -0.4 is 14.2 Å². The lowest BCUT2D eigenvalue weighted by Crippen LogP contribution is -2.41. The molecular weight excluding hydrogens is 462 g/mol. The number of ether oxygens (including phenoxy) is 4. The van der Waals surface area contributed by atoms with Crippen LogP contribution >= 0.6 is 0 Å². The molecule has 9 heteroatoms. The predicted octanol–water partition coefficient (Wildman–Crippen LogP) is 3.98. The summed E-state index contributed by atoms with van der Waals surface area (Å²) in [5.41, 5.74) is 2.47. The Balaban J connectivity index is 1.69. The van der Waals surface area contributed by atoms with Crippen molar-refractivity contribution in [2.24, 2.45) is 5.92 Å². The Morgan fingerprint density at radius 3 is 2.19 bits per heavy atom. The van der Waals surface area contributed by atoms with Crippen LogP contribution in [0.5, 0.6) is 17.2 Å². The molecule has 36 heavy (non-hydrogen) atoms. The molecule has 3 aromatic rings. The molecule has 0 spiro atoms. The molecule has 1 amide bonds. The summed E-state index contributed by atoms with van der Waals surface area (Å²) in [4.78, 5) is 27.6. The number of benzene rings is 2. The third-order valence-corrected chi connectivity index (χ3v) is 6.33. The normalized spacial score (nSPS) is 13.8. The second kappa shape index (κ2) is 11.2. The van der Waals surface area contributed by atoms with Gasteiger partial charge in [-0.3, -0.25) is 9.59 Å². The van der Waals surface area contributed by atoms with Crippen molar-refractivity contribution >= 4 is 11.9 Å². The van der Waals surface area contributed by atoms with Gasteiger partial charge in [0.05, 0.1) is 45.2 Å². The van der Waals surface area contributed by atoms with E-state index >= 15 is 0 Å². The summed E-state index contributed by atoms with van der Waals surface area (Å²) < 4.78 is 23.0. The SMILES string of the molecule is CCOC(=O)C1CCN(C(=O)c2cc(-c3ccc(OC)cc3OC)nn2-c2ccc(OC)cc2)CC1. The molecule has 0 bridgehead atoms. The molecule has 1 aromatic heterocycles. The van der Waals surface area contributed by atoms with Gasteiger partial charge in [0.2, 0.25) is 0 Å². The molecule has 1 saturated heterocycles. The number of hydrogen-bond acceptors (Lipinski definition) is 7. The van der Waals surface area contributed by atoms with Crippen molar-refractivity contribution in [3.8, 4) is 34.2 Å². The maximum Gasteiger partial charge on any atom is 0.309 e. The summed E-state index contributed by atoms with van der Waals surface area (Å²) in [6, 6.07) is 14.6. The lowest BCUT2D eigenvalue weighted by atomic mass is 9.97. The maximum atomic E-state index is 13.7. The van der Waals surface area contributed by atoms with Crippen LogP contribution in [0.3, 0.4) is 0 Å². The average molecular weight is 494 g/mol. The van der Waals surface area contributed by atoms with Crippen molar-refractivity contribution in [3.63, 3.8) is 0 Å². The molecule has 9 nitrogen and oxygen atoms in total. The number of hydrogen-bond donors (Lipinski definition) is 0. The molecule has 0 unspecified atom stereocenters. The van der Waals surface area contributed by atoms with Gasteiger partial charge in [-0.2, -0.15) is 5.10 Å². The van der Waals surface area contributed by atoms with Gasteiger partial charge in [0.15, 0.2) is 0 Å². The number of carbonyl (C=O) groups excluding carboxylic acids is 2. The quantitative estimate of drug-likeness (QED) is 0.438. The second-order valence-corrected chi connectivity index (χ2v) is 8.41. The molecule has 4 rings (SSSR count). The number of nitrogens with zero attached hydrogens (tertiary/aromatic N) is 3. The Morgan fingerprint density at radius 1 is 0.917 bits per heavy atom. The van der Waals surface area contributed by atoms with Crippen LogP contribution in [0, 0.1) is 5.92 Å². The van der Waals surface area contributed by atoms with Crippen molar-refractivity contribution in [2.45, 2.75) is 19.8 Å². The van der Waals surface area contributed by atoms with Gasteiger partial charge >= 0.3 is 5.97 Å².